The largest absolute Gasteiger partial charge is 0.497 e. The van der Waals surface area contributed by atoms with Crippen molar-refractivity contribution >= 4 is 22.5 Å². The van der Waals surface area contributed by atoms with Gasteiger partial charge in [0.1, 0.15) is 11.5 Å². The second-order valence-corrected chi connectivity index (χ2v) is 7.77. The number of hydrogen-bond acceptors (Lipinski definition) is 3. The highest BCUT2D eigenvalue weighted by atomic mass is 16.5. The van der Waals surface area contributed by atoms with Crippen LogP contribution in [0.2, 0.25) is 0 Å². The topological polar surface area (TPSA) is 50.8 Å². The van der Waals surface area contributed by atoms with Gasteiger partial charge in [-0.1, -0.05) is 60.7 Å². The van der Waals surface area contributed by atoms with Gasteiger partial charge in [-0.3, -0.25) is 4.90 Å². The quantitative estimate of drug-likeness (QED) is 0.451. The first-order valence-corrected chi connectivity index (χ1v) is 10.2. The van der Waals surface area contributed by atoms with Gasteiger partial charge in [0.15, 0.2) is 0 Å². The molecule has 5 nitrogen and oxygen atoms in total. The summed E-state index contributed by atoms with van der Waals surface area (Å²) in [5.74, 6) is 1.57. The van der Waals surface area contributed by atoms with Crippen molar-refractivity contribution in [1.82, 2.24) is 4.90 Å². The van der Waals surface area contributed by atoms with E-state index in [9.17, 15) is 4.79 Å². The zero-order valence-electron chi connectivity index (χ0n) is 16.9. The fourth-order valence-corrected chi connectivity index (χ4v) is 4.67. The fraction of sp³-hybridized carbons (Fsp3) is 0.115. The summed E-state index contributed by atoms with van der Waals surface area (Å²) < 4.78 is 11.8. The van der Waals surface area contributed by atoms with Gasteiger partial charge in [-0.25, -0.2) is 4.79 Å². The molecule has 31 heavy (non-hydrogen) atoms. The van der Waals surface area contributed by atoms with Crippen molar-refractivity contribution in [1.29, 1.82) is 0 Å². The highest BCUT2D eigenvalue weighted by molar-refractivity contribution is 5.95. The van der Waals surface area contributed by atoms with E-state index >= 15 is 0 Å². The van der Waals surface area contributed by atoms with Crippen LogP contribution in [0.15, 0.2) is 84.9 Å². The standard InChI is InChI=1S/C26H20N2O3/c1-30-18-13-10-17(11-14-18)24-23-19-7-3-2-6-16(19)12-15-22(23)31-25-20-8-4-5-9-21(20)27-26(29)28(24)25/h2-15,24-25H,1H3,(H,27,29)/t24-,25+/m0/s1. The summed E-state index contributed by atoms with van der Waals surface area (Å²) in [5.41, 5.74) is 3.72. The number of ether oxygens (including phenoxy) is 2. The summed E-state index contributed by atoms with van der Waals surface area (Å²) in [6.07, 6.45) is -0.509. The van der Waals surface area contributed by atoms with Crippen LogP contribution in [0.4, 0.5) is 10.5 Å². The molecule has 0 aliphatic carbocycles. The van der Waals surface area contributed by atoms with Crippen LogP contribution in [-0.2, 0) is 0 Å². The van der Waals surface area contributed by atoms with E-state index in [2.05, 4.69) is 23.5 Å². The van der Waals surface area contributed by atoms with Crippen LogP contribution in [0, 0.1) is 0 Å². The van der Waals surface area contributed by atoms with Crippen molar-refractivity contribution in [3.8, 4) is 11.5 Å². The zero-order chi connectivity index (χ0) is 20.9. The van der Waals surface area contributed by atoms with Crippen molar-refractivity contribution in [2.24, 2.45) is 0 Å². The summed E-state index contributed by atoms with van der Waals surface area (Å²) in [4.78, 5) is 15.2. The first-order valence-electron chi connectivity index (χ1n) is 10.2. The van der Waals surface area contributed by atoms with Crippen molar-refractivity contribution in [3.05, 3.63) is 102 Å². The molecule has 0 radical (unpaired) electrons. The Morgan fingerprint density at radius 2 is 1.68 bits per heavy atom. The first-order chi connectivity index (χ1) is 15.2. The molecule has 2 aliphatic rings. The van der Waals surface area contributed by atoms with Crippen LogP contribution in [-0.4, -0.2) is 18.0 Å². The molecule has 0 saturated heterocycles. The minimum Gasteiger partial charge on any atom is -0.497 e. The maximum atomic E-state index is 13.4. The van der Waals surface area contributed by atoms with Crippen molar-refractivity contribution < 1.29 is 14.3 Å². The van der Waals surface area contributed by atoms with Gasteiger partial charge in [0.2, 0.25) is 6.23 Å². The van der Waals surface area contributed by atoms with E-state index in [1.165, 1.54) is 0 Å². The van der Waals surface area contributed by atoms with Crippen LogP contribution in [0.5, 0.6) is 11.5 Å². The van der Waals surface area contributed by atoms with E-state index in [0.29, 0.717) is 0 Å². The van der Waals surface area contributed by atoms with Gasteiger partial charge in [0.05, 0.1) is 18.8 Å². The molecule has 5 heteroatoms. The number of hydrogen-bond donors (Lipinski definition) is 1. The molecule has 4 aromatic carbocycles. The number of fused-ring (bicyclic) bond motifs is 6. The third kappa shape index (κ3) is 2.66. The summed E-state index contributed by atoms with van der Waals surface area (Å²) >= 11 is 0. The average Bonchev–Trinajstić information content (AvgIpc) is 2.83. The van der Waals surface area contributed by atoms with E-state index in [1.54, 1.807) is 12.0 Å². The minimum absolute atomic E-state index is 0.178. The Morgan fingerprint density at radius 3 is 2.52 bits per heavy atom. The van der Waals surface area contributed by atoms with Crippen LogP contribution in [0.1, 0.15) is 29.0 Å². The van der Waals surface area contributed by atoms with E-state index in [4.69, 9.17) is 9.47 Å². The number of anilines is 1. The van der Waals surface area contributed by atoms with E-state index in [1.807, 2.05) is 66.7 Å². The molecule has 2 aliphatic heterocycles. The second-order valence-electron chi connectivity index (χ2n) is 7.77. The van der Waals surface area contributed by atoms with Gasteiger partial charge in [-0.2, -0.15) is 0 Å². The lowest BCUT2D eigenvalue weighted by Crippen LogP contribution is -2.49. The molecule has 6 rings (SSSR count). The van der Waals surface area contributed by atoms with Gasteiger partial charge in [0.25, 0.3) is 0 Å². The molecule has 2 atom stereocenters. The lowest BCUT2D eigenvalue weighted by Gasteiger charge is -2.46. The highest BCUT2D eigenvalue weighted by Gasteiger charge is 2.45. The van der Waals surface area contributed by atoms with Gasteiger partial charge in [-0.15, -0.1) is 0 Å². The molecule has 0 fully saturated rings. The van der Waals surface area contributed by atoms with Gasteiger partial charge >= 0.3 is 6.03 Å². The number of benzene rings is 4. The third-order valence-electron chi connectivity index (χ3n) is 6.11. The Labute approximate surface area is 179 Å². The van der Waals surface area contributed by atoms with Crippen molar-refractivity contribution in [2.75, 3.05) is 12.4 Å². The normalized spacial score (nSPS) is 19.0. The van der Waals surface area contributed by atoms with E-state index < -0.39 is 6.23 Å². The number of carbonyl (C=O) groups excluding carboxylic acids is 1. The lowest BCUT2D eigenvalue weighted by molar-refractivity contribution is 0.0143. The summed E-state index contributed by atoms with van der Waals surface area (Å²) in [6.45, 7) is 0. The Morgan fingerprint density at radius 1 is 0.903 bits per heavy atom. The van der Waals surface area contributed by atoms with Crippen LogP contribution < -0.4 is 14.8 Å². The molecule has 2 heterocycles. The number of urea groups is 1. The number of carbonyl (C=O) groups is 1. The van der Waals surface area contributed by atoms with Gasteiger partial charge in [0, 0.05) is 11.1 Å². The summed E-state index contributed by atoms with van der Waals surface area (Å²) in [7, 11) is 1.65. The first kappa shape index (κ1) is 17.8. The maximum absolute atomic E-state index is 13.4. The number of para-hydroxylation sites is 1. The number of nitrogens with one attached hydrogen (secondary N) is 1. The molecule has 4 aromatic rings. The molecule has 152 valence electrons. The predicted octanol–water partition coefficient (Wildman–Crippen LogP) is 5.88. The molecule has 0 aromatic heterocycles. The Kier molecular flexibility index (Phi) is 3.90. The monoisotopic (exact) mass is 408 g/mol. The van der Waals surface area contributed by atoms with E-state index in [0.717, 1.165) is 44.6 Å². The highest BCUT2D eigenvalue weighted by Crippen LogP contribution is 2.50. The maximum Gasteiger partial charge on any atom is 0.325 e. The summed E-state index contributed by atoms with van der Waals surface area (Å²) in [5, 5.41) is 5.23. The number of rotatable bonds is 2. The van der Waals surface area contributed by atoms with Crippen LogP contribution in [0.3, 0.4) is 0 Å². The third-order valence-corrected chi connectivity index (χ3v) is 6.11. The SMILES string of the molecule is COc1ccc([C@H]2c3c(ccc4ccccc34)O[C@@H]3c4ccccc4NC(=O)N23)cc1. The number of amides is 2. The minimum atomic E-state index is -0.509. The number of methoxy groups -OCH3 is 1. The van der Waals surface area contributed by atoms with E-state index in [-0.39, 0.29) is 12.1 Å². The Hall–Kier alpha value is -3.99. The molecular weight excluding hydrogens is 388 g/mol. The van der Waals surface area contributed by atoms with Crippen molar-refractivity contribution in [3.63, 3.8) is 0 Å². The van der Waals surface area contributed by atoms with Crippen LogP contribution in [0.25, 0.3) is 10.8 Å². The molecule has 1 N–H and O–H groups in total. The molecular formula is C26H20N2O3. The fourth-order valence-electron chi connectivity index (χ4n) is 4.67. The zero-order valence-corrected chi connectivity index (χ0v) is 16.9. The molecule has 2 amide bonds. The molecule has 0 spiro atoms. The molecule has 0 bridgehead atoms. The molecule has 0 unspecified atom stereocenters. The number of nitrogens with zero attached hydrogens (tertiary/aromatic N) is 1. The predicted molar refractivity (Wildman–Crippen MR) is 119 cm³/mol. The van der Waals surface area contributed by atoms with Gasteiger partial charge in [-0.05, 0) is 40.6 Å². The average molecular weight is 408 g/mol. The lowest BCUT2D eigenvalue weighted by atomic mass is 9.89. The smallest absolute Gasteiger partial charge is 0.325 e. The summed E-state index contributed by atoms with van der Waals surface area (Å²) in [6, 6.07) is 27.5. The second kappa shape index (κ2) is 6.77. The Bertz CT molecular complexity index is 1320. The van der Waals surface area contributed by atoms with Crippen molar-refractivity contribution in [2.45, 2.75) is 12.3 Å². The Balaban J connectivity index is 1.63. The molecule has 0 saturated carbocycles. The van der Waals surface area contributed by atoms with Crippen LogP contribution >= 0.6 is 0 Å². The van der Waals surface area contributed by atoms with Gasteiger partial charge < -0.3 is 14.8 Å².